The summed E-state index contributed by atoms with van der Waals surface area (Å²) in [4.78, 5) is 0. The van der Waals surface area contributed by atoms with Crippen molar-refractivity contribution in [3.63, 3.8) is 0 Å². The van der Waals surface area contributed by atoms with Gasteiger partial charge in [-0.2, -0.15) is 0 Å². The second-order valence-electron chi connectivity index (χ2n) is 5.01. The Hall–Kier alpha value is -1.38. The maximum Gasteiger partial charge on any atom is 0.0764 e. The van der Waals surface area contributed by atoms with Gasteiger partial charge in [0.05, 0.1) is 12.2 Å². The van der Waals surface area contributed by atoms with Gasteiger partial charge in [-0.3, -0.25) is 0 Å². The summed E-state index contributed by atoms with van der Waals surface area (Å²) in [5, 5.41) is 19.1. The van der Waals surface area contributed by atoms with Crippen LogP contribution >= 0.6 is 0 Å². The van der Waals surface area contributed by atoms with E-state index in [1.807, 2.05) is 42.5 Å². The first-order valence-corrected chi connectivity index (χ1v) is 6.46. The van der Waals surface area contributed by atoms with Crippen molar-refractivity contribution in [3.05, 3.63) is 59.8 Å². The van der Waals surface area contributed by atoms with Gasteiger partial charge in [-0.15, -0.1) is 0 Å². The van der Waals surface area contributed by atoms with Gasteiger partial charge in [-0.25, -0.2) is 0 Å². The third-order valence-electron chi connectivity index (χ3n) is 3.14. The summed E-state index contributed by atoms with van der Waals surface area (Å²) in [6.45, 7) is 2.10. The van der Waals surface area contributed by atoms with Crippen molar-refractivity contribution in [3.8, 4) is 0 Å². The topological polar surface area (TPSA) is 40.5 Å². The van der Waals surface area contributed by atoms with Crippen LogP contribution in [-0.4, -0.2) is 22.4 Å². The summed E-state index contributed by atoms with van der Waals surface area (Å²) in [5.74, 6) is 0.371. The Morgan fingerprint density at radius 1 is 1.06 bits per heavy atom. The Morgan fingerprint density at radius 2 is 1.78 bits per heavy atom. The maximum atomic E-state index is 9.63. The van der Waals surface area contributed by atoms with E-state index in [4.69, 9.17) is 0 Å². The summed E-state index contributed by atoms with van der Waals surface area (Å²) in [6.07, 6.45) is 16.6. The molecule has 0 aromatic rings. The summed E-state index contributed by atoms with van der Waals surface area (Å²) in [6, 6.07) is 0. The first-order valence-electron chi connectivity index (χ1n) is 6.46. The van der Waals surface area contributed by atoms with Crippen LogP contribution in [0.15, 0.2) is 59.8 Å². The Labute approximate surface area is 108 Å². The molecule has 0 amide bonds. The molecule has 2 N–H and O–H groups in total. The molecule has 2 heteroatoms. The largest absolute Gasteiger partial charge is 0.389 e. The number of aliphatic hydroxyl groups is 2. The summed E-state index contributed by atoms with van der Waals surface area (Å²) >= 11 is 0. The molecule has 3 unspecified atom stereocenters. The summed E-state index contributed by atoms with van der Waals surface area (Å²) in [5.41, 5.74) is 2.13. The smallest absolute Gasteiger partial charge is 0.0764 e. The zero-order chi connectivity index (χ0) is 13.0. The Kier molecular flexibility index (Phi) is 4.34. The molecule has 0 saturated heterocycles. The molecular weight excluding hydrogens is 224 g/mol. The summed E-state index contributed by atoms with van der Waals surface area (Å²) in [7, 11) is 0. The lowest BCUT2D eigenvalue weighted by molar-refractivity contribution is 0.201. The van der Waals surface area contributed by atoms with Crippen LogP contribution in [0.4, 0.5) is 0 Å². The molecule has 0 aromatic carbocycles. The molecule has 0 fully saturated rings. The molecule has 0 saturated carbocycles. The fourth-order valence-electron chi connectivity index (χ4n) is 2.24. The van der Waals surface area contributed by atoms with Crippen molar-refractivity contribution in [1.82, 2.24) is 0 Å². The van der Waals surface area contributed by atoms with Crippen molar-refractivity contribution in [1.29, 1.82) is 0 Å². The summed E-state index contributed by atoms with van der Waals surface area (Å²) < 4.78 is 0. The van der Waals surface area contributed by atoms with Gasteiger partial charge in [0, 0.05) is 0 Å². The van der Waals surface area contributed by atoms with Crippen LogP contribution in [0.1, 0.15) is 19.8 Å². The van der Waals surface area contributed by atoms with Gasteiger partial charge in [0.25, 0.3) is 0 Å². The number of aliphatic hydroxyl groups excluding tert-OH is 2. The molecule has 0 heterocycles. The second kappa shape index (κ2) is 5.98. The molecule has 3 atom stereocenters. The minimum absolute atomic E-state index is 0.349. The van der Waals surface area contributed by atoms with Crippen LogP contribution in [0.3, 0.4) is 0 Å². The van der Waals surface area contributed by atoms with E-state index in [0.717, 1.165) is 17.6 Å². The predicted molar refractivity (Wildman–Crippen MR) is 74.0 cm³/mol. The van der Waals surface area contributed by atoms with E-state index in [9.17, 15) is 10.2 Å². The second-order valence-corrected chi connectivity index (χ2v) is 5.01. The standard InChI is InChI=1S/C16H20O2/c1-12-9-14(7-8-16(18)10-12)6-5-13-3-2-4-15(17)11-13/h2-3,5-9,11-12,15-18H,4,10H2,1H3/b6-5+. The highest BCUT2D eigenvalue weighted by Crippen LogP contribution is 2.19. The van der Waals surface area contributed by atoms with Gasteiger partial charge in [0.15, 0.2) is 0 Å². The molecule has 2 aliphatic carbocycles. The number of hydrogen-bond donors (Lipinski definition) is 2. The lowest BCUT2D eigenvalue weighted by Crippen LogP contribution is -2.05. The van der Waals surface area contributed by atoms with Crippen LogP contribution in [0.5, 0.6) is 0 Å². The average Bonchev–Trinajstić information content (AvgIpc) is 2.48. The Bertz CT molecular complexity index is 438. The van der Waals surface area contributed by atoms with E-state index < -0.39 is 0 Å². The zero-order valence-corrected chi connectivity index (χ0v) is 10.7. The minimum Gasteiger partial charge on any atom is -0.389 e. The molecule has 18 heavy (non-hydrogen) atoms. The highest BCUT2D eigenvalue weighted by molar-refractivity contribution is 5.41. The molecule has 0 aromatic heterocycles. The number of hydrogen-bond acceptors (Lipinski definition) is 2. The number of allylic oxidation sites excluding steroid dienone is 7. The molecule has 0 bridgehead atoms. The van der Waals surface area contributed by atoms with Crippen LogP contribution < -0.4 is 0 Å². The average molecular weight is 244 g/mol. The van der Waals surface area contributed by atoms with Crippen molar-refractivity contribution in [2.45, 2.75) is 32.0 Å². The lowest BCUT2D eigenvalue weighted by Gasteiger charge is -2.08. The van der Waals surface area contributed by atoms with Crippen LogP contribution in [0.2, 0.25) is 0 Å². The fourth-order valence-corrected chi connectivity index (χ4v) is 2.24. The molecule has 0 radical (unpaired) electrons. The first-order chi connectivity index (χ1) is 8.63. The third kappa shape index (κ3) is 3.83. The Balaban J connectivity index is 2.08. The van der Waals surface area contributed by atoms with Crippen molar-refractivity contribution < 1.29 is 10.2 Å². The third-order valence-corrected chi connectivity index (χ3v) is 3.14. The lowest BCUT2D eigenvalue weighted by atomic mass is 10.0. The molecule has 0 aliphatic heterocycles. The quantitative estimate of drug-likeness (QED) is 0.784. The van der Waals surface area contributed by atoms with E-state index >= 15 is 0 Å². The molecule has 2 aliphatic rings. The zero-order valence-electron chi connectivity index (χ0n) is 10.7. The van der Waals surface area contributed by atoms with Gasteiger partial charge in [-0.05, 0) is 36.0 Å². The number of rotatable bonds is 2. The van der Waals surface area contributed by atoms with Crippen molar-refractivity contribution >= 4 is 0 Å². The van der Waals surface area contributed by atoms with Gasteiger partial charge in [-0.1, -0.05) is 49.5 Å². The first kappa shape index (κ1) is 13.1. The van der Waals surface area contributed by atoms with Crippen molar-refractivity contribution in [2.24, 2.45) is 5.92 Å². The minimum atomic E-state index is -0.367. The van der Waals surface area contributed by atoms with Crippen LogP contribution in [-0.2, 0) is 0 Å². The molecule has 2 rings (SSSR count). The molecule has 2 nitrogen and oxygen atoms in total. The Morgan fingerprint density at radius 3 is 2.50 bits per heavy atom. The fraction of sp³-hybridized carbons (Fsp3) is 0.375. The van der Waals surface area contributed by atoms with Crippen molar-refractivity contribution in [2.75, 3.05) is 0 Å². The highest BCUT2D eigenvalue weighted by atomic mass is 16.3. The van der Waals surface area contributed by atoms with Gasteiger partial charge in [0.2, 0.25) is 0 Å². The van der Waals surface area contributed by atoms with E-state index in [2.05, 4.69) is 13.0 Å². The van der Waals surface area contributed by atoms with Gasteiger partial charge in [0.1, 0.15) is 0 Å². The molecular formula is C16H20O2. The van der Waals surface area contributed by atoms with Crippen LogP contribution in [0.25, 0.3) is 0 Å². The predicted octanol–water partition coefficient (Wildman–Crippen LogP) is 2.67. The van der Waals surface area contributed by atoms with Crippen LogP contribution in [0, 0.1) is 5.92 Å². The molecule has 0 spiro atoms. The SMILES string of the molecule is CC1C=C(/C=C/C2=CC(O)CC=C2)C=CC(O)C1. The monoisotopic (exact) mass is 244 g/mol. The highest BCUT2D eigenvalue weighted by Gasteiger charge is 2.09. The van der Waals surface area contributed by atoms with Gasteiger partial charge < -0.3 is 10.2 Å². The van der Waals surface area contributed by atoms with E-state index in [-0.39, 0.29) is 12.2 Å². The van der Waals surface area contributed by atoms with Gasteiger partial charge >= 0.3 is 0 Å². The van der Waals surface area contributed by atoms with E-state index in [1.54, 1.807) is 0 Å². The maximum absolute atomic E-state index is 9.63. The van der Waals surface area contributed by atoms with E-state index in [0.29, 0.717) is 12.3 Å². The normalized spacial score (nSPS) is 32.3. The molecule has 96 valence electrons. The van der Waals surface area contributed by atoms with E-state index in [1.165, 1.54) is 0 Å².